The van der Waals surface area contributed by atoms with E-state index in [-0.39, 0.29) is 24.8 Å². The van der Waals surface area contributed by atoms with Crippen molar-refractivity contribution >= 4 is 10.0 Å². The minimum Gasteiger partial charge on any atom is -0.396 e. The topological polar surface area (TPSA) is 66.4 Å². The van der Waals surface area contributed by atoms with Gasteiger partial charge < -0.3 is 5.11 Å². The van der Waals surface area contributed by atoms with Crippen LogP contribution in [0.5, 0.6) is 0 Å². The van der Waals surface area contributed by atoms with Crippen molar-refractivity contribution in [2.45, 2.75) is 13.3 Å². The lowest BCUT2D eigenvalue weighted by Gasteiger charge is -2.09. The van der Waals surface area contributed by atoms with Crippen molar-refractivity contribution in [2.24, 2.45) is 5.92 Å². The number of hydrogen-bond acceptors (Lipinski definition) is 3. The Bertz CT molecular complexity index is 236. The van der Waals surface area contributed by atoms with Gasteiger partial charge in [-0.05, 0) is 12.3 Å². The van der Waals surface area contributed by atoms with Gasteiger partial charge in [0.1, 0.15) is 0 Å². The van der Waals surface area contributed by atoms with E-state index in [1.165, 1.54) is 0 Å². The number of rotatable bonds is 7. The van der Waals surface area contributed by atoms with E-state index < -0.39 is 10.0 Å². The van der Waals surface area contributed by atoms with E-state index in [4.69, 9.17) is 5.11 Å². The maximum atomic E-state index is 11.2. The molecule has 0 saturated heterocycles. The van der Waals surface area contributed by atoms with E-state index >= 15 is 0 Å². The van der Waals surface area contributed by atoms with Gasteiger partial charge in [0.15, 0.2) is 0 Å². The second-order valence-corrected chi connectivity index (χ2v) is 4.96. The maximum Gasteiger partial charge on any atom is 0.211 e. The first-order valence-electron chi connectivity index (χ1n) is 4.21. The largest absolute Gasteiger partial charge is 0.396 e. The molecule has 1 unspecified atom stereocenters. The minimum atomic E-state index is -3.18. The summed E-state index contributed by atoms with van der Waals surface area (Å²) < 4.78 is 24.7. The molecule has 0 amide bonds. The Morgan fingerprint density at radius 1 is 1.62 bits per heavy atom. The molecule has 0 saturated carbocycles. The molecule has 0 aromatic heterocycles. The summed E-state index contributed by atoms with van der Waals surface area (Å²) in [6, 6.07) is 0. The molecule has 0 aromatic carbocycles. The third kappa shape index (κ3) is 6.74. The number of aliphatic hydroxyl groups excluding tert-OH is 1. The molecule has 0 spiro atoms. The number of nitrogens with one attached hydrogen (secondary N) is 1. The fourth-order valence-corrected chi connectivity index (χ4v) is 1.80. The summed E-state index contributed by atoms with van der Waals surface area (Å²) in [5, 5.41) is 8.66. The second-order valence-electron chi connectivity index (χ2n) is 3.03. The number of hydrogen-bond donors (Lipinski definition) is 2. The quantitative estimate of drug-likeness (QED) is 0.582. The van der Waals surface area contributed by atoms with Crippen molar-refractivity contribution in [1.29, 1.82) is 0 Å². The van der Waals surface area contributed by atoms with Crippen LogP contribution in [0.15, 0.2) is 12.7 Å². The predicted molar refractivity (Wildman–Crippen MR) is 52.9 cm³/mol. The van der Waals surface area contributed by atoms with Crippen LogP contribution < -0.4 is 4.72 Å². The van der Waals surface area contributed by atoms with E-state index in [1.54, 1.807) is 13.0 Å². The van der Waals surface area contributed by atoms with Gasteiger partial charge in [0.2, 0.25) is 10.0 Å². The average molecular weight is 207 g/mol. The van der Waals surface area contributed by atoms with Gasteiger partial charge in [-0.1, -0.05) is 13.0 Å². The minimum absolute atomic E-state index is 0.00994. The zero-order chi connectivity index (χ0) is 10.3. The molecule has 4 nitrogen and oxygen atoms in total. The van der Waals surface area contributed by atoms with Crippen LogP contribution in [0, 0.1) is 5.92 Å². The van der Waals surface area contributed by atoms with Crippen LogP contribution in [0.25, 0.3) is 0 Å². The molecule has 0 bridgehead atoms. The highest BCUT2D eigenvalue weighted by molar-refractivity contribution is 7.89. The third-order valence-electron chi connectivity index (χ3n) is 1.55. The summed E-state index contributed by atoms with van der Waals surface area (Å²) in [6.07, 6.45) is 2.01. The molecule has 0 aliphatic rings. The van der Waals surface area contributed by atoms with Crippen LogP contribution in [0.2, 0.25) is 0 Å². The van der Waals surface area contributed by atoms with Crippen molar-refractivity contribution in [3.8, 4) is 0 Å². The van der Waals surface area contributed by atoms with Gasteiger partial charge in [0.25, 0.3) is 0 Å². The molecule has 0 aliphatic carbocycles. The lowest BCUT2D eigenvalue weighted by molar-refractivity contribution is 0.238. The molecule has 5 heteroatoms. The van der Waals surface area contributed by atoms with E-state index in [1.807, 2.05) is 0 Å². The summed E-state index contributed by atoms with van der Waals surface area (Å²) in [5.41, 5.74) is 0. The van der Waals surface area contributed by atoms with Crippen molar-refractivity contribution in [3.05, 3.63) is 12.7 Å². The van der Waals surface area contributed by atoms with Crippen LogP contribution in [-0.4, -0.2) is 32.4 Å². The van der Waals surface area contributed by atoms with Gasteiger partial charge in [-0.25, -0.2) is 13.1 Å². The Labute approximate surface area is 79.7 Å². The maximum absolute atomic E-state index is 11.2. The van der Waals surface area contributed by atoms with Crippen LogP contribution in [0.3, 0.4) is 0 Å². The number of allylic oxidation sites excluding steroid dienone is 1. The lowest BCUT2D eigenvalue weighted by atomic mass is 10.2. The first-order valence-corrected chi connectivity index (χ1v) is 5.86. The Balaban J connectivity index is 3.82. The molecule has 0 radical (unpaired) electrons. The van der Waals surface area contributed by atoms with Crippen LogP contribution in [0.4, 0.5) is 0 Å². The van der Waals surface area contributed by atoms with Gasteiger partial charge in [0.05, 0.1) is 5.75 Å². The molecule has 13 heavy (non-hydrogen) atoms. The Hall–Kier alpha value is -0.390. The highest BCUT2D eigenvalue weighted by Gasteiger charge is 2.09. The molecular weight excluding hydrogens is 190 g/mol. The number of sulfonamides is 1. The van der Waals surface area contributed by atoms with Crippen molar-refractivity contribution in [1.82, 2.24) is 4.72 Å². The summed E-state index contributed by atoms with van der Waals surface area (Å²) >= 11 is 0. The number of aliphatic hydroxyl groups is 1. The van der Waals surface area contributed by atoms with Gasteiger partial charge >= 0.3 is 0 Å². The molecule has 0 rings (SSSR count). The predicted octanol–water partition coefficient (Wildman–Crippen LogP) is 0.110. The van der Waals surface area contributed by atoms with E-state index in [0.29, 0.717) is 6.42 Å². The standard InChI is InChI=1S/C8H17NO3S/c1-3-4-5-13(11,12)9-6-8(2)7-10/h3,8-10H,1,4-7H2,2H3. The van der Waals surface area contributed by atoms with Gasteiger partial charge in [-0.15, -0.1) is 6.58 Å². The van der Waals surface area contributed by atoms with Gasteiger partial charge in [-0.2, -0.15) is 0 Å². The van der Waals surface area contributed by atoms with Gasteiger partial charge in [-0.3, -0.25) is 0 Å². The fraction of sp³-hybridized carbons (Fsp3) is 0.750. The summed E-state index contributed by atoms with van der Waals surface area (Å²) in [7, 11) is -3.18. The van der Waals surface area contributed by atoms with Crippen molar-refractivity contribution < 1.29 is 13.5 Å². The summed E-state index contributed by atoms with van der Waals surface area (Å²) in [5.74, 6) is 0.0211. The van der Waals surface area contributed by atoms with Crippen LogP contribution in [-0.2, 0) is 10.0 Å². The average Bonchev–Trinajstić information content (AvgIpc) is 2.11. The smallest absolute Gasteiger partial charge is 0.211 e. The zero-order valence-electron chi connectivity index (χ0n) is 7.86. The van der Waals surface area contributed by atoms with Crippen LogP contribution >= 0.6 is 0 Å². The molecular formula is C8H17NO3S. The lowest BCUT2D eigenvalue weighted by Crippen LogP contribution is -2.31. The molecule has 1 atom stereocenters. The SMILES string of the molecule is C=CCCS(=O)(=O)NCC(C)CO. The Morgan fingerprint density at radius 3 is 2.69 bits per heavy atom. The van der Waals surface area contributed by atoms with E-state index in [9.17, 15) is 8.42 Å². The van der Waals surface area contributed by atoms with Crippen molar-refractivity contribution in [3.63, 3.8) is 0 Å². The first-order chi connectivity index (χ1) is 6.02. The van der Waals surface area contributed by atoms with E-state index in [0.717, 1.165) is 0 Å². The second kappa shape index (κ2) is 6.12. The molecule has 78 valence electrons. The third-order valence-corrected chi connectivity index (χ3v) is 2.93. The molecule has 0 heterocycles. The Kier molecular flexibility index (Phi) is 5.94. The van der Waals surface area contributed by atoms with Crippen molar-refractivity contribution in [2.75, 3.05) is 18.9 Å². The molecule has 0 aromatic rings. The molecule has 0 aliphatic heterocycles. The monoisotopic (exact) mass is 207 g/mol. The first kappa shape index (κ1) is 12.6. The Morgan fingerprint density at radius 2 is 2.23 bits per heavy atom. The zero-order valence-corrected chi connectivity index (χ0v) is 8.68. The highest BCUT2D eigenvalue weighted by atomic mass is 32.2. The highest BCUT2D eigenvalue weighted by Crippen LogP contribution is 1.94. The van der Waals surface area contributed by atoms with Crippen LogP contribution in [0.1, 0.15) is 13.3 Å². The summed E-state index contributed by atoms with van der Waals surface area (Å²) in [4.78, 5) is 0. The van der Waals surface area contributed by atoms with E-state index in [2.05, 4.69) is 11.3 Å². The fourth-order valence-electron chi connectivity index (χ4n) is 0.644. The molecule has 2 N–H and O–H groups in total. The van der Waals surface area contributed by atoms with Gasteiger partial charge in [0, 0.05) is 13.2 Å². The summed E-state index contributed by atoms with van der Waals surface area (Å²) in [6.45, 7) is 5.49. The molecule has 0 fully saturated rings. The normalized spacial score (nSPS) is 14.0.